The molecule has 2 amide bonds. The van der Waals surface area contributed by atoms with Gasteiger partial charge in [-0.2, -0.15) is 5.10 Å². The van der Waals surface area contributed by atoms with Crippen molar-refractivity contribution in [2.75, 3.05) is 6.54 Å². The van der Waals surface area contributed by atoms with Gasteiger partial charge in [-0.3, -0.25) is 4.68 Å². The summed E-state index contributed by atoms with van der Waals surface area (Å²) < 4.78 is 14.6. The third-order valence-electron chi connectivity index (χ3n) is 3.04. The van der Waals surface area contributed by atoms with Crippen molar-refractivity contribution in [1.82, 2.24) is 20.4 Å². The number of carbonyl (C=O) groups is 1. The molecule has 0 saturated carbocycles. The molecule has 0 radical (unpaired) electrons. The minimum atomic E-state index is -0.282. The van der Waals surface area contributed by atoms with Crippen LogP contribution in [0.15, 0.2) is 42.7 Å². The zero-order chi connectivity index (χ0) is 15.1. The van der Waals surface area contributed by atoms with E-state index in [2.05, 4.69) is 15.7 Å². The summed E-state index contributed by atoms with van der Waals surface area (Å²) in [4.78, 5) is 11.7. The van der Waals surface area contributed by atoms with Gasteiger partial charge >= 0.3 is 6.03 Å². The van der Waals surface area contributed by atoms with Crippen molar-refractivity contribution in [3.8, 4) is 0 Å². The molecular weight excluding hydrogens is 271 g/mol. The van der Waals surface area contributed by atoms with Gasteiger partial charge in [0.2, 0.25) is 0 Å². The summed E-state index contributed by atoms with van der Waals surface area (Å²) in [6.45, 7) is 3.74. The number of amides is 2. The van der Waals surface area contributed by atoms with Crippen molar-refractivity contribution >= 4 is 6.03 Å². The van der Waals surface area contributed by atoms with E-state index in [-0.39, 0.29) is 17.8 Å². The van der Waals surface area contributed by atoms with Gasteiger partial charge in [-0.1, -0.05) is 19.1 Å². The Hall–Kier alpha value is -2.37. The molecule has 0 spiro atoms. The zero-order valence-corrected chi connectivity index (χ0v) is 11.9. The number of halogens is 1. The summed E-state index contributed by atoms with van der Waals surface area (Å²) >= 11 is 0. The van der Waals surface area contributed by atoms with Crippen molar-refractivity contribution < 1.29 is 9.18 Å². The number of carbonyl (C=O) groups excluding carboxylic acids is 1. The van der Waals surface area contributed by atoms with Gasteiger partial charge in [-0.15, -0.1) is 0 Å². The number of hydrogen-bond donors (Lipinski definition) is 2. The van der Waals surface area contributed by atoms with Crippen LogP contribution in [-0.4, -0.2) is 22.4 Å². The maximum absolute atomic E-state index is 12.7. The molecule has 1 aromatic heterocycles. The average molecular weight is 290 g/mol. The van der Waals surface area contributed by atoms with Crippen LogP contribution in [0, 0.1) is 11.7 Å². The van der Waals surface area contributed by atoms with Gasteiger partial charge in [0.15, 0.2) is 0 Å². The molecule has 2 aromatic rings. The Morgan fingerprint density at radius 1 is 1.33 bits per heavy atom. The predicted octanol–water partition coefficient (Wildman–Crippen LogP) is 2.16. The van der Waals surface area contributed by atoms with Gasteiger partial charge in [0.05, 0.1) is 0 Å². The molecule has 6 heteroatoms. The Bertz CT molecular complexity index is 554. The van der Waals surface area contributed by atoms with Crippen LogP contribution in [0.3, 0.4) is 0 Å². The summed E-state index contributed by atoms with van der Waals surface area (Å²) in [6.07, 6.45) is 3.63. The van der Waals surface area contributed by atoms with E-state index in [9.17, 15) is 9.18 Å². The first-order chi connectivity index (χ1) is 10.1. The molecule has 0 aliphatic rings. The van der Waals surface area contributed by atoms with Crippen LogP contribution in [-0.2, 0) is 13.1 Å². The summed E-state index contributed by atoms with van der Waals surface area (Å²) in [5.41, 5.74) is 0.858. The van der Waals surface area contributed by atoms with Crippen LogP contribution < -0.4 is 10.6 Å². The van der Waals surface area contributed by atoms with Gasteiger partial charge in [0.1, 0.15) is 5.82 Å². The number of benzene rings is 1. The molecule has 1 heterocycles. The summed E-state index contributed by atoms with van der Waals surface area (Å²) in [5, 5.41) is 9.67. The van der Waals surface area contributed by atoms with E-state index < -0.39 is 0 Å². The molecule has 0 bridgehead atoms. The lowest BCUT2D eigenvalue weighted by atomic mass is 10.2. The molecule has 0 saturated heterocycles. The van der Waals surface area contributed by atoms with Gasteiger partial charge in [-0.25, -0.2) is 9.18 Å². The quantitative estimate of drug-likeness (QED) is 0.856. The highest BCUT2D eigenvalue weighted by atomic mass is 19.1. The lowest BCUT2D eigenvalue weighted by Crippen LogP contribution is -2.38. The number of rotatable bonds is 6. The molecule has 112 valence electrons. The molecule has 0 aliphatic heterocycles. The Morgan fingerprint density at radius 2 is 2.10 bits per heavy atom. The second-order valence-corrected chi connectivity index (χ2v) is 5.02. The minimum Gasteiger partial charge on any atom is -0.338 e. The second kappa shape index (κ2) is 7.42. The summed E-state index contributed by atoms with van der Waals surface area (Å²) in [5.74, 6) is -0.00267. The Labute approximate surface area is 123 Å². The van der Waals surface area contributed by atoms with Crippen molar-refractivity contribution in [2.24, 2.45) is 5.92 Å². The molecule has 0 aliphatic carbocycles. The Morgan fingerprint density at radius 3 is 2.76 bits per heavy atom. The number of urea groups is 1. The highest BCUT2D eigenvalue weighted by Crippen LogP contribution is 2.02. The number of aromatic nitrogens is 2. The van der Waals surface area contributed by atoms with Crippen LogP contribution >= 0.6 is 0 Å². The third-order valence-corrected chi connectivity index (χ3v) is 3.04. The van der Waals surface area contributed by atoms with E-state index >= 15 is 0 Å². The molecule has 1 unspecified atom stereocenters. The normalized spacial score (nSPS) is 11.9. The first kappa shape index (κ1) is 15.0. The smallest absolute Gasteiger partial charge is 0.315 e. The van der Waals surface area contributed by atoms with Crippen LogP contribution in [0.5, 0.6) is 0 Å². The highest BCUT2D eigenvalue weighted by molar-refractivity contribution is 5.73. The number of hydrogen-bond acceptors (Lipinski definition) is 2. The fourth-order valence-electron chi connectivity index (χ4n) is 1.91. The zero-order valence-electron chi connectivity index (χ0n) is 11.9. The molecule has 1 aromatic carbocycles. The van der Waals surface area contributed by atoms with E-state index in [4.69, 9.17) is 0 Å². The first-order valence-electron chi connectivity index (χ1n) is 6.87. The van der Waals surface area contributed by atoms with Crippen LogP contribution in [0.2, 0.25) is 0 Å². The van der Waals surface area contributed by atoms with Gasteiger partial charge < -0.3 is 10.6 Å². The Balaban J connectivity index is 1.66. The minimum absolute atomic E-state index is 0.230. The second-order valence-electron chi connectivity index (χ2n) is 5.02. The van der Waals surface area contributed by atoms with Gasteiger partial charge in [0, 0.05) is 32.0 Å². The predicted molar refractivity (Wildman–Crippen MR) is 78.0 cm³/mol. The van der Waals surface area contributed by atoms with Crippen molar-refractivity contribution in [3.05, 3.63) is 54.1 Å². The lowest BCUT2D eigenvalue weighted by molar-refractivity contribution is 0.238. The van der Waals surface area contributed by atoms with Crippen molar-refractivity contribution in [1.29, 1.82) is 0 Å². The number of nitrogens with zero attached hydrogens (tertiary/aromatic N) is 2. The highest BCUT2D eigenvalue weighted by Gasteiger charge is 2.06. The fraction of sp³-hybridized carbons (Fsp3) is 0.333. The van der Waals surface area contributed by atoms with E-state index in [0.29, 0.717) is 13.1 Å². The molecular formula is C15H19FN4O. The van der Waals surface area contributed by atoms with E-state index in [1.807, 2.05) is 23.9 Å². The molecule has 2 rings (SSSR count). The fourth-order valence-corrected chi connectivity index (χ4v) is 1.91. The largest absolute Gasteiger partial charge is 0.338 e. The Kier molecular flexibility index (Phi) is 5.31. The first-order valence-corrected chi connectivity index (χ1v) is 6.87. The van der Waals surface area contributed by atoms with Crippen molar-refractivity contribution in [3.63, 3.8) is 0 Å². The molecule has 1 atom stereocenters. The van der Waals surface area contributed by atoms with E-state index in [0.717, 1.165) is 12.1 Å². The summed E-state index contributed by atoms with van der Waals surface area (Å²) in [6, 6.07) is 7.69. The van der Waals surface area contributed by atoms with Crippen molar-refractivity contribution in [2.45, 2.75) is 20.0 Å². The monoisotopic (exact) mass is 290 g/mol. The van der Waals surface area contributed by atoms with Crippen LogP contribution in [0.4, 0.5) is 9.18 Å². The summed E-state index contributed by atoms with van der Waals surface area (Å²) in [7, 11) is 0. The molecule has 2 N–H and O–H groups in total. The van der Waals surface area contributed by atoms with E-state index in [1.165, 1.54) is 12.1 Å². The standard InChI is InChI=1S/C15H19FN4O/c1-12(11-20-8-2-7-19-20)9-17-15(21)18-10-13-3-5-14(16)6-4-13/h2-8,12H,9-11H2,1H3,(H2,17,18,21). The molecule has 5 nitrogen and oxygen atoms in total. The maximum Gasteiger partial charge on any atom is 0.315 e. The lowest BCUT2D eigenvalue weighted by Gasteiger charge is -2.13. The van der Waals surface area contributed by atoms with Gasteiger partial charge in [-0.05, 0) is 29.7 Å². The van der Waals surface area contributed by atoms with Gasteiger partial charge in [0.25, 0.3) is 0 Å². The third kappa shape index (κ3) is 5.25. The van der Waals surface area contributed by atoms with Crippen LogP contribution in [0.25, 0.3) is 0 Å². The molecule has 21 heavy (non-hydrogen) atoms. The topological polar surface area (TPSA) is 59.0 Å². The maximum atomic E-state index is 12.7. The SMILES string of the molecule is CC(CNC(=O)NCc1ccc(F)cc1)Cn1cccn1. The number of nitrogens with one attached hydrogen (secondary N) is 2. The average Bonchev–Trinajstić information content (AvgIpc) is 2.97. The van der Waals surface area contributed by atoms with Crippen LogP contribution in [0.1, 0.15) is 12.5 Å². The van der Waals surface area contributed by atoms with E-state index in [1.54, 1.807) is 18.3 Å². The molecule has 0 fully saturated rings.